The minimum atomic E-state index is 0.183. The van der Waals surface area contributed by atoms with Crippen molar-refractivity contribution < 1.29 is 0 Å². The molecule has 0 amide bonds. The van der Waals surface area contributed by atoms with E-state index in [0.29, 0.717) is 0 Å². The van der Waals surface area contributed by atoms with Crippen LogP contribution in [0.4, 0.5) is 0 Å². The van der Waals surface area contributed by atoms with Gasteiger partial charge in [-0.25, -0.2) is 0 Å². The molecule has 0 atom stereocenters. The molecule has 1 fully saturated rings. The molecule has 0 radical (unpaired) electrons. The Labute approximate surface area is 69.8 Å². The summed E-state index contributed by atoms with van der Waals surface area (Å²) in [5, 5.41) is 0. The molecular weight excluding hydrogens is 136 g/mol. The zero-order valence-corrected chi connectivity index (χ0v) is 7.93. The summed E-state index contributed by atoms with van der Waals surface area (Å²) in [5.41, 5.74) is 5.84. The number of rotatable bonds is 4. The van der Waals surface area contributed by atoms with Gasteiger partial charge in [-0.1, -0.05) is 0 Å². The van der Waals surface area contributed by atoms with Gasteiger partial charge in [0.15, 0.2) is 0 Å². The van der Waals surface area contributed by atoms with Crippen LogP contribution in [0.5, 0.6) is 0 Å². The second-order valence-corrected chi connectivity index (χ2v) is 4.34. The van der Waals surface area contributed by atoms with Gasteiger partial charge in [0.05, 0.1) is 0 Å². The first-order valence-corrected chi connectivity index (χ1v) is 4.47. The highest BCUT2D eigenvalue weighted by Gasteiger charge is 2.28. The first kappa shape index (κ1) is 9.01. The highest BCUT2D eigenvalue weighted by Crippen LogP contribution is 2.30. The van der Waals surface area contributed by atoms with Crippen LogP contribution in [0.1, 0.15) is 26.7 Å². The summed E-state index contributed by atoms with van der Waals surface area (Å²) >= 11 is 0. The molecule has 0 aromatic rings. The first-order chi connectivity index (χ1) is 5.06. The average Bonchev–Trinajstić information content (AvgIpc) is 2.72. The van der Waals surface area contributed by atoms with E-state index in [-0.39, 0.29) is 5.54 Å². The van der Waals surface area contributed by atoms with Crippen molar-refractivity contribution in [2.24, 2.45) is 11.7 Å². The molecule has 11 heavy (non-hydrogen) atoms. The summed E-state index contributed by atoms with van der Waals surface area (Å²) in [6.45, 7) is 6.38. The van der Waals surface area contributed by atoms with Gasteiger partial charge in [-0.15, -0.1) is 0 Å². The monoisotopic (exact) mass is 156 g/mol. The predicted octanol–water partition coefficient (Wildman–Crippen LogP) is 1.07. The number of nitrogens with zero attached hydrogens (tertiary/aromatic N) is 1. The summed E-state index contributed by atoms with van der Waals surface area (Å²) in [6, 6.07) is 0. The van der Waals surface area contributed by atoms with Crippen LogP contribution < -0.4 is 5.73 Å². The van der Waals surface area contributed by atoms with Crippen LogP contribution in [-0.4, -0.2) is 30.6 Å². The van der Waals surface area contributed by atoms with Gasteiger partial charge in [0.25, 0.3) is 0 Å². The highest BCUT2D eigenvalue weighted by molar-refractivity contribution is 4.85. The molecule has 1 aliphatic rings. The van der Waals surface area contributed by atoms with Crippen LogP contribution in [0.15, 0.2) is 0 Å². The van der Waals surface area contributed by atoms with Crippen molar-refractivity contribution in [1.29, 1.82) is 0 Å². The van der Waals surface area contributed by atoms with Crippen molar-refractivity contribution in [1.82, 2.24) is 4.90 Å². The van der Waals surface area contributed by atoms with E-state index in [1.54, 1.807) is 0 Å². The van der Waals surface area contributed by atoms with E-state index in [9.17, 15) is 0 Å². The highest BCUT2D eigenvalue weighted by atomic mass is 15.2. The molecule has 0 heterocycles. The number of hydrogen-bond acceptors (Lipinski definition) is 2. The molecule has 0 aromatic heterocycles. The van der Waals surface area contributed by atoms with Gasteiger partial charge in [-0.3, -0.25) is 4.90 Å². The molecule has 1 rings (SSSR count). The molecule has 0 aliphatic heterocycles. The van der Waals surface area contributed by atoms with Gasteiger partial charge >= 0.3 is 0 Å². The largest absolute Gasteiger partial charge is 0.329 e. The van der Waals surface area contributed by atoms with E-state index in [1.807, 2.05) is 0 Å². The number of likely N-dealkylation sites (N-methyl/N-ethyl adjacent to an activating group) is 1. The van der Waals surface area contributed by atoms with E-state index in [2.05, 4.69) is 25.8 Å². The number of hydrogen-bond donors (Lipinski definition) is 1. The quantitative estimate of drug-likeness (QED) is 0.659. The Morgan fingerprint density at radius 1 is 1.45 bits per heavy atom. The summed E-state index contributed by atoms with van der Waals surface area (Å²) in [5.74, 6) is 0.964. The maximum Gasteiger partial charge on any atom is 0.0272 e. The fraction of sp³-hybridized carbons (Fsp3) is 1.00. The van der Waals surface area contributed by atoms with Crippen LogP contribution in [0, 0.1) is 5.92 Å². The van der Waals surface area contributed by atoms with Gasteiger partial charge in [0.2, 0.25) is 0 Å². The third-order valence-electron chi connectivity index (χ3n) is 2.76. The zero-order chi connectivity index (χ0) is 8.48. The lowest BCUT2D eigenvalue weighted by atomic mass is 10.0. The standard InChI is InChI=1S/C9H20N2/c1-9(2,7-10)11(3)6-8-4-5-8/h8H,4-7,10H2,1-3H3. The molecule has 2 nitrogen and oxygen atoms in total. The first-order valence-electron chi connectivity index (χ1n) is 4.47. The van der Waals surface area contributed by atoms with Crippen LogP contribution in [0.25, 0.3) is 0 Å². The molecule has 2 heteroatoms. The van der Waals surface area contributed by atoms with Gasteiger partial charge in [0, 0.05) is 18.6 Å². The van der Waals surface area contributed by atoms with Crippen molar-refractivity contribution in [2.45, 2.75) is 32.2 Å². The fourth-order valence-electron chi connectivity index (χ4n) is 1.09. The SMILES string of the molecule is CN(CC1CC1)C(C)(C)CN. The lowest BCUT2D eigenvalue weighted by Gasteiger charge is -2.34. The minimum absolute atomic E-state index is 0.183. The molecule has 1 aliphatic carbocycles. The molecule has 2 N–H and O–H groups in total. The van der Waals surface area contributed by atoms with Crippen molar-refractivity contribution >= 4 is 0 Å². The molecule has 66 valence electrons. The zero-order valence-electron chi connectivity index (χ0n) is 7.93. The smallest absolute Gasteiger partial charge is 0.0272 e. The molecule has 0 spiro atoms. The topological polar surface area (TPSA) is 29.3 Å². The van der Waals surface area contributed by atoms with E-state index < -0.39 is 0 Å². The van der Waals surface area contributed by atoms with Gasteiger partial charge < -0.3 is 5.73 Å². The lowest BCUT2D eigenvalue weighted by Crippen LogP contribution is -2.47. The molecular formula is C9H20N2. The Morgan fingerprint density at radius 2 is 2.00 bits per heavy atom. The Balaban J connectivity index is 2.31. The summed E-state index contributed by atoms with van der Waals surface area (Å²) in [7, 11) is 2.17. The Hall–Kier alpha value is -0.0800. The van der Waals surface area contributed by atoms with Gasteiger partial charge in [0.1, 0.15) is 0 Å². The summed E-state index contributed by atoms with van der Waals surface area (Å²) < 4.78 is 0. The normalized spacial score (nSPS) is 19.4. The molecule has 0 saturated heterocycles. The molecule has 0 unspecified atom stereocenters. The Bertz CT molecular complexity index is 128. The van der Waals surface area contributed by atoms with E-state index in [4.69, 9.17) is 5.73 Å². The van der Waals surface area contributed by atoms with Crippen molar-refractivity contribution in [3.63, 3.8) is 0 Å². The van der Waals surface area contributed by atoms with Crippen LogP contribution in [0.2, 0.25) is 0 Å². The van der Waals surface area contributed by atoms with E-state index in [1.165, 1.54) is 19.4 Å². The fourth-order valence-corrected chi connectivity index (χ4v) is 1.09. The van der Waals surface area contributed by atoms with Gasteiger partial charge in [-0.05, 0) is 39.7 Å². The van der Waals surface area contributed by atoms with Crippen LogP contribution in [0.3, 0.4) is 0 Å². The predicted molar refractivity (Wildman–Crippen MR) is 48.5 cm³/mol. The van der Waals surface area contributed by atoms with Crippen molar-refractivity contribution in [3.8, 4) is 0 Å². The minimum Gasteiger partial charge on any atom is -0.329 e. The van der Waals surface area contributed by atoms with Gasteiger partial charge in [-0.2, -0.15) is 0 Å². The summed E-state index contributed by atoms with van der Waals surface area (Å²) in [4.78, 5) is 2.38. The van der Waals surface area contributed by atoms with Crippen molar-refractivity contribution in [3.05, 3.63) is 0 Å². The van der Waals surface area contributed by atoms with Crippen LogP contribution in [-0.2, 0) is 0 Å². The lowest BCUT2D eigenvalue weighted by molar-refractivity contribution is 0.157. The third kappa shape index (κ3) is 2.46. The van der Waals surface area contributed by atoms with E-state index in [0.717, 1.165) is 12.5 Å². The Kier molecular flexibility index (Phi) is 2.55. The van der Waals surface area contributed by atoms with Crippen molar-refractivity contribution in [2.75, 3.05) is 20.1 Å². The maximum atomic E-state index is 5.66. The summed E-state index contributed by atoms with van der Waals surface area (Å²) in [6.07, 6.45) is 2.84. The molecule has 0 aromatic carbocycles. The average molecular weight is 156 g/mol. The maximum absolute atomic E-state index is 5.66. The van der Waals surface area contributed by atoms with Crippen LogP contribution >= 0.6 is 0 Å². The second kappa shape index (κ2) is 3.11. The number of nitrogens with two attached hydrogens (primary N) is 1. The second-order valence-electron chi connectivity index (χ2n) is 4.34. The third-order valence-corrected chi connectivity index (χ3v) is 2.76. The molecule has 0 bridgehead atoms. The van der Waals surface area contributed by atoms with E-state index >= 15 is 0 Å². The molecule has 1 saturated carbocycles. The Morgan fingerprint density at radius 3 is 2.36 bits per heavy atom.